The van der Waals surface area contributed by atoms with Crippen molar-refractivity contribution in [1.82, 2.24) is 10.2 Å². The van der Waals surface area contributed by atoms with Gasteiger partial charge in [0, 0.05) is 24.7 Å². The lowest BCUT2D eigenvalue weighted by Gasteiger charge is -2.45. The summed E-state index contributed by atoms with van der Waals surface area (Å²) in [5, 5.41) is 3.35. The lowest BCUT2D eigenvalue weighted by atomic mass is 9.95. The predicted octanol–water partition coefficient (Wildman–Crippen LogP) is 3.60. The number of anilines is 1. The van der Waals surface area contributed by atoms with Crippen molar-refractivity contribution in [2.75, 3.05) is 19.1 Å². The van der Waals surface area contributed by atoms with E-state index >= 15 is 0 Å². The summed E-state index contributed by atoms with van der Waals surface area (Å²) in [6.07, 6.45) is 6.75. The molecule has 0 aromatic heterocycles. The molecular weight excluding hydrogens is 410 g/mol. The van der Waals surface area contributed by atoms with Crippen molar-refractivity contribution in [3.05, 3.63) is 53.1 Å². The molecular formula is C24H31N3O3S. The molecule has 0 radical (unpaired) electrons. The van der Waals surface area contributed by atoms with Gasteiger partial charge in [0.05, 0.1) is 24.0 Å². The second kappa shape index (κ2) is 8.73. The molecule has 2 aromatic carbocycles. The molecule has 1 amide bonds. The van der Waals surface area contributed by atoms with Gasteiger partial charge in [0.15, 0.2) is 4.90 Å². The van der Waals surface area contributed by atoms with Crippen LogP contribution in [-0.2, 0) is 17.7 Å². The number of fused-ring (bicyclic) bond motifs is 2. The van der Waals surface area contributed by atoms with Crippen molar-refractivity contribution in [1.29, 1.82) is 0 Å². The minimum Gasteiger partial charge on any atom is -0.612 e. The lowest BCUT2D eigenvalue weighted by molar-refractivity contribution is 0.0184. The van der Waals surface area contributed by atoms with E-state index in [2.05, 4.69) is 41.4 Å². The molecule has 0 aliphatic carbocycles. The summed E-state index contributed by atoms with van der Waals surface area (Å²) in [5.74, 6) is 0.191. The van der Waals surface area contributed by atoms with E-state index in [1.54, 1.807) is 18.4 Å². The van der Waals surface area contributed by atoms with Gasteiger partial charge >= 0.3 is 0 Å². The lowest BCUT2D eigenvalue weighted by Crippen LogP contribution is -2.60. The Labute approximate surface area is 187 Å². The molecule has 31 heavy (non-hydrogen) atoms. The van der Waals surface area contributed by atoms with Crippen LogP contribution in [0.1, 0.15) is 53.6 Å². The number of rotatable bonds is 6. The summed E-state index contributed by atoms with van der Waals surface area (Å²) in [6, 6.07) is 12.3. The van der Waals surface area contributed by atoms with E-state index in [1.165, 1.54) is 18.2 Å². The minimum atomic E-state index is -1.29. The molecule has 7 heteroatoms. The average molecular weight is 442 g/mol. The summed E-state index contributed by atoms with van der Waals surface area (Å²) in [5.41, 5.74) is 8.89. The number of hydrogen-bond donors (Lipinski definition) is 2. The van der Waals surface area contributed by atoms with Crippen LogP contribution in [0.4, 0.5) is 5.69 Å². The molecule has 2 heterocycles. The molecule has 6 nitrogen and oxygen atoms in total. The van der Waals surface area contributed by atoms with Crippen molar-refractivity contribution in [3.8, 4) is 5.75 Å². The SMILES string of the molecule is COc1cc(N)c([S+](C)[O-])cc1C(=O)NC12CCCC(CC1)N2Cc1ccc(C)cc1. The smallest absolute Gasteiger partial charge is 0.256 e. The number of hydrogen-bond acceptors (Lipinski definition) is 5. The normalized spacial score (nSPS) is 24.1. The van der Waals surface area contributed by atoms with Gasteiger partial charge in [-0.2, -0.15) is 0 Å². The number of carbonyl (C=O) groups excluding carboxylic acids is 1. The van der Waals surface area contributed by atoms with Crippen LogP contribution < -0.4 is 15.8 Å². The maximum absolute atomic E-state index is 13.4. The van der Waals surface area contributed by atoms with Gasteiger partial charge < -0.3 is 20.3 Å². The van der Waals surface area contributed by atoms with E-state index < -0.39 is 11.2 Å². The number of ether oxygens (including phenoxy) is 1. The van der Waals surface area contributed by atoms with Crippen LogP contribution in [0.15, 0.2) is 41.3 Å². The molecule has 2 saturated heterocycles. The molecule has 2 fully saturated rings. The number of piperidine rings is 1. The van der Waals surface area contributed by atoms with Crippen LogP contribution in [0.5, 0.6) is 5.75 Å². The first-order chi connectivity index (χ1) is 14.8. The molecule has 2 bridgehead atoms. The highest BCUT2D eigenvalue weighted by molar-refractivity contribution is 7.90. The van der Waals surface area contributed by atoms with Gasteiger partial charge in [-0.05, 0) is 55.8 Å². The van der Waals surface area contributed by atoms with Crippen LogP contribution in [0, 0.1) is 6.92 Å². The highest BCUT2D eigenvalue weighted by Gasteiger charge is 2.49. The Kier molecular flexibility index (Phi) is 6.19. The third-order valence-electron chi connectivity index (χ3n) is 6.72. The summed E-state index contributed by atoms with van der Waals surface area (Å²) in [4.78, 5) is 16.4. The van der Waals surface area contributed by atoms with E-state index in [0.29, 0.717) is 27.9 Å². The van der Waals surface area contributed by atoms with Crippen LogP contribution in [0.3, 0.4) is 0 Å². The quantitative estimate of drug-likeness (QED) is 0.528. The minimum absolute atomic E-state index is 0.208. The van der Waals surface area contributed by atoms with Crippen molar-refractivity contribution in [2.45, 2.75) is 62.2 Å². The number of nitrogen functional groups attached to an aromatic ring is 1. The van der Waals surface area contributed by atoms with Crippen LogP contribution in [-0.4, -0.2) is 40.4 Å². The highest BCUT2D eigenvalue weighted by Crippen LogP contribution is 2.44. The van der Waals surface area contributed by atoms with Gasteiger partial charge in [-0.3, -0.25) is 9.69 Å². The van der Waals surface area contributed by atoms with Gasteiger partial charge in [-0.1, -0.05) is 29.8 Å². The number of nitrogens with two attached hydrogens (primary N) is 1. The fourth-order valence-electron chi connectivity index (χ4n) is 5.07. The molecule has 3 N–H and O–H groups in total. The second-order valence-electron chi connectivity index (χ2n) is 8.73. The fraction of sp³-hybridized carbons (Fsp3) is 0.458. The summed E-state index contributed by atoms with van der Waals surface area (Å²) < 4.78 is 17.5. The first kappa shape index (κ1) is 22.0. The Bertz CT molecular complexity index is 959. The van der Waals surface area contributed by atoms with Crippen LogP contribution in [0.25, 0.3) is 0 Å². The number of nitrogens with one attached hydrogen (secondary N) is 1. The third kappa shape index (κ3) is 4.27. The zero-order chi connectivity index (χ0) is 22.2. The largest absolute Gasteiger partial charge is 0.612 e. The van der Waals surface area contributed by atoms with Crippen molar-refractivity contribution < 1.29 is 14.1 Å². The van der Waals surface area contributed by atoms with Crippen molar-refractivity contribution in [2.24, 2.45) is 0 Å². The van der Waals surface area contributed by atoms with Crippen molar-refractivity contribution in [3.63, 3.8) is 0 Å². The molecule has 3 unspecified atom stereocenters. The molecule has 2 aliphatic rings. The molecule has 3 atom stereocenters. The van der Waals surface area contributed by atoms with Gasteiger partial charge in [0.25, 0.3) is 5.91 Å². The Morgan fingerprint density at radius 3 is 2.71 bits per heavy atom. The van der Waals surface area contributed by atoms with Gasteiger partial charge in [-0.25, -0.2) is 0 Å². The zero-order valence-electron chi connectivity index (χ0n) is 18.4. The molecule has 166 valence electrons. The zero-order valence-corrected chi connectivity index (χ0v) is 19.3. The summed E-state index contributed by atoms with van der Waals surface area (Å²) in [7, 11) is 1.52. The highest BCUT2D eigenvalue weighted by atomic mass is 32.2. The van der Waals surface area contributed by atoms with Gasteiger partial charge in [-0.15, -0.1) is 0 Å². The van der Waals surface area contributed by atoms with E-state index in [1.807, 2.05) is 0 Å². The topological polar surface area (TPSA) is 90.6 Å². The Morgan fingerprint density at radius 2 is 2.03 bits per heavy atom. The first-order valence-electron chi connectivity index (χ1n) is 10.8. The predicted molar refractivity (Wildman–Crippen MR) is 124 cm³/mol. The van der Waals surface area contributed by atoms with E-state index in [9.17, 15) is 9.35 Å². The second-order valence-corrected chi connectivity index (χ2v) is 10.1. The number of aryl methyl sites for hydroxylation is 1. The van der Waals surface area contributed by atoms with E-state index in [0.717, 1.165) is 38.6 Å². The molecule has 2 aliphatic heterocycles. The molecule has 2 aromatic rings. The number of nitrogens with zero attached hydrogens (tertiary/aromatic N) is 1. The maximum atomic E-state index is 13.4. The number of carbonyl (C=O) groups is 1. The van der Waals surface area contributed by atoms with E-state index in [4.69, 9.17) is 10.5 Å². The standard InChI is InChI=1S/C24H31N3O3S/c1-16-6-8-17(9-7-16)15-27-18-5-4-11-24(27,12-10-18)26-23(28)19-13-22(31(3)29)20(25)14-21(19)30-2/h6-9,13-14,18H,4-5,10-12,15,25H2,1-3H3,(H,26,28). The Hall–Kier alpha value is -2.22. The molecule has 4 rings (SSSR count). The fourth-order valence-corrected chi connectivity index (χ4v) is 5.74. The number of benzene rings is 2. The third-order valence-corrected chi connectivity index (χ3v) is 7.69. The van der Waals surface area contributed by atoms with Gasteiger partial charge in [0.2, 0.25) is 0 Å². The average Bonchev–Trinajstić information content (AvgIpc) is 2.92. The Morgan fingerprint density at radius 1 is 1.29 bits per heavy atom. The van der Waals surface area contributed by atoms with Gasteiger partial charge in [0.1, 0.15) is 12.0 Å². The molecule has 0 spiro atoms. The van der Waals surface area contributed by atoms with Crippen molar-refractivity contribution >= 4 is 22.8 Å². The van der Waals surface area contributed by atoms with E-state index in [-0.39, 0.29) is 11.6 Å². The maximum Gasteiger partial charge on any atom is 0.256 e. The summed E-state index contributed by atoms with van der Waals surface area (Å²) >= 11 is -1.29. The Balaban J connectivity index is 1.62. The monoisotopic (exact) mass is 441 g/mol. The molecule has 0 saturated carbocycles. The first-order valence-corrected chi connectivity index (χ1v) is 12.3. The number of amides is 1. The summed E-state index contributed by atoms with van der Waals surface area (Å²) in [6.45, 7) is 2.90. The van der Waals surface area contributed by atoms with Crippen LogP contribution >= 0.6 is 0 Å². The van der Waals surface area contributed by atoms with Crippen LogP contribution in [0.2, 0.25) is 0 Å². The number of methoxy groups -OCH3 is 1.